The van der Waals surface area contributed by atoms with E-state index in [1.807, 2.05) is 13.8 Å². The average molecular weight is 289 g/mol. The fourth-order valence-electron chi connectivity index (χ4n) is 1.21. The van der Waals surface area contributed by atoms with Crippen molar-refractivity contribution in [1.82, 2.24) is 24.7 Å². The van der Waals surface area contributed by atoms with Gasteiger partial charge in [0.25, 0.3) is 0 Å². The van der Waals surface area contributed by atoms with Gasteiger partial charge in [-0.3, -0.25) is 0 Å². The molecule has 0 amide bonds. The molecular weight excluding hydrogens is 281 g/mol. The van der Waals surface area contributed by atoms with E-state index in [1.54, 1.807) is 10.9 Å². The zero-order chi connectivity index (χ0) is 11.0. The molecule has 2 aromatic heterocycles. The molecular formula is C8H7BrClN5. The van der Waals surface area contributed by atoms with Crippen molar-refractivity contribution >= 4 is 27.5 Å². The third-order valence-corrected chi connectivity index (χ3v) is 2.51. The van der Waals surface area contributed by atoms with E-state index in [2.05, 4.69) is 36.0 Å². The van der Waals surface area contributed by atoms with E-state index in [-0.39, 0.29) is 5.28 Å². The molecule has 0 aliphatic carbocycles. The van der Waals surface area contributed by atoms with Crippen LogP contribution in [-0.4, -0.2) is 24.7 Å². The van der Waals surface area contributed by atoms with Gasteiger partial charge in [0.05, 0.1) is 4.47 Å². The fraction of sp³-hybridized carbons (Fsp3) is 0.250. The van der Waals surface area contributed by atoms with Crippen LogP contribution in [0.4, 0.5) is 0 Å². The smallest absolute Gasteiger partial charge is 0.224 e. The van der Waals surface area contributed by atoms with Crippen molar-refractivity contribution in [2.24, 2.45) is 0 Å². The van der Waals surface area contributed by atoms with Gasteiger partial charge in [0.2, 0.25) is 5.28 Å². The number of aryl methyl sites for hydroxylation is 2. The quantitative estimate of drug-likeness (QED) is 0.754. The standard InChI is InChI=1S/C8H7BrClN5/c1-4-12-5(2)15(14-4)7-6(9)3-11-8(10)13-7/h3H,1-2H3. The Kier molecular flexibility index (Phi) is 2.70. The number of rotatable bonds is 1. The molecule has 2 heterocycles. The Morgan fingerprint density at radius 3 is 2.67 bits per heavy atom. The highest BCUT2D eigenvalue weighted by Crippen LogP contribution is 2.19. The van der Waals surface area contributed by atoms with E-state index in [4.69, 9.17) is 11.6 Å². The second-order valence-electron chi connectivity index (χ2n) is 2.93. The number of halogens is 2. The number of nitrogens with zero attached hydrogens (tertiary/aromatic N) is 5. The normalized spacial score (nSPS) is 10.7. The molecule has 0 aliphatic heterocycles. The molecule has 78 valence electrons. The molecule has 0 atom stereocenters. The van der Waals surface area contributed by atoms with Gasteiger partial charge in [0.15, 0.2) is 5.82 Å². The predicted molar refractivity (Wildman–Crippen MR) is 59.1 cm³/mol. The Morgan fingerprint density at radius 1 is 1.33 bits per heavy atom. The van der Waals surface area contributed by atoms with Crippen LogP contribution in [-0.2, 0) is 0 Å². The van der Waals surface area contributed by atoms with Crippen LogP contribution in [0, 0.1) is 13.8 Å². The highest BCUT2D eigenvalue weighted by atomic mass is 79.9. The lowest BCUT2D eigenvalue weighted by molar-refractivity contribution is 0.793. The summed E-state index contributed by atoms with van der Waals surface area (Å²) in [6.45, 7) is 3.67. The molecule has 0 saturated carbocycles. The molecule has 2 aromatic rings. The van der Waals surface area contributed by atoms with Crippen molar-refractivity contribution in [3.05, 3.63) is 27.6 Å². The number of hydrogen-bond acceptors (Lipinski definition) is 4. The predicted octanol–water partition coefficient (Wildman–Crippen LogP) is 2.09. The number of hydrogen-bond donors (Lipinski definition) is 0. The van der Waals surface area contributed by atoms with Crippen LogP contribution in [0.5, 0.6) is 0 Å². The summed E-state index contributed by atoms with van der Waals surface area (Å²) in [6.07, 6.45) is 1.58. The molecule has 0 radical (unpaired) electrons. The monoisotopic (exact) mass is 287 g/mol. The highest BCUT2D eigenvalue weighted by Gasteiger charge is 2.11. The Hall–Kier alpha value is -1.01. The van der Waals surface area contributed by atoms with Crippen molar-refractivity contribution in [3.8, 4) is 5.82 Å². The lowest BCUT2D eigenvalue weighted by Crippen LogP contribution is -2.04. The van der Waals surface area contributed by atoms with Gasteiger partial charge in [0.1, 0.15) is 11.6 Å². The van der Waals surface area contributed by atoms with Crippen LogP contribution in [0.25, 0.3) is 5.82 Å². The van der Waals surface area contributed by atoms with Gasteiger partial charge in [0, 0.05) is 6.20 Å². The van der Waals surface area contributed by atoms with Crippen LogP contribution in [0.3, 0.4) is 0 Å². The summed E-state index contributed by atoms with van der Waals surface area (Å²) in [5.41, 5.74) is 0. The molecule has 15 heavy (non-hydrogen) atoms. The molecule has 0 unspecified atom stereocenters. The Balaban J connectivity index is 2.62. The minimum Gasteiger partial charge on any atom is -0.225 e. The summed E-state index contributed by atoms with van der Waals surface area (Å²) >= 11 is 9.06. The van der Waals surface area contributed by atoms with Gasteiger partial charge in [-0.1, -0.05) is 0 Å². The Labute approximate surface area is 99.7 Å². The molecule has 0 fully saturated rings. The zero-order valence-electron chi connectivity index (χ0n) is 8.07. The molecule has 2 rings (SSSR count). The molecule has 0 spiro atoms. The van der Waals surface area contributed by atoms with Crippen molar-refractivity contribution in [2.75, 3.05) is 0 Å². The second-order valence-corrected chi connectivity index (χ2v) is 4.12. The van der Waals surface area contributed by atoms with Crippen LogP contribution in [0.1, 0.15) is 11.6 Å². The van der Waals surface area contributed by atoms with Crippen LogP contribution in [0.15, 0.2) is 10.7 Å². The van der Waals surface area contributed by atoms with Gasteiger partial charge in [-0.25, -0.2) is 9.97 Å². The van der Waals surface area contributed by atoms with E-state index in [0.717, 1.165) is 10.3 Å². The summed E-state index contributed by atoms with van der Waals surface area (Å²) in [5.74, 6) is 2.03. The lowest BCUT2D eigenvalue weighted by Gasteiger charge is -2.03. The zero-order valence-corrected chi connectivity index (χ0v) is 10.4. The minimum absolute atomic E-state index is 0.181. The lowest BCUT2D eigenvalue weighted by atomic mass is 10.5. The molecule has 0 bridgehead atoms. The molecule has 5 nitrogen and oxygen atoms in total. The van der Waals surface area contributed by atoms with Crippen LogP contribution < -0.4 is 0 Å². The SMILES string of the molecule is Cc1nc(C)n(-c2nc(Cl)ncc2Br)n1. The first-order valence-corrected chi connectivity index (χ1v) is 5.33. The highest BCUT2D eigenvalue weighted by molar-refractivity contribution is 9.10. The summed E-state index contributed by atoms with van der Waals surface area (Å²) in [4.78, 5) is 12.1. The molecule has 0 aliphatic rings. The molecule has 0 N–H and O–H groups in total. The third kappa shape index (κ3) is 2.00. The van der Waals surface area contributed by atoms with Crippen molar-refractivity contribution < 1.29 is 0 Å². The maximum absolute atomic E-state index is 5.72. The summed E-state index contributed by atoms with van der Waals surface area (Å²) in [7, 11) is 0. The van der Waals surface area contributed by atoms with Crippen LogP contribution >= 0.6 is 27.5 Å². The van der Waals surface area contributed by atoms with Gasteiger partial charge in [-0.2, -0.15) is 9.67 Å². The topological polar surface area (TPSA) is 56.5 Å². The van der Waals surface area contributed by atoms with Crippen LogP contribution in [0.2, 0.25) is 5.28 Å². The van der Waals surface area contributed by atoms with Crippen molar-refractivity contribution in [2.45, 2.75) is 13.8 Å². The fourth-order valence-corrected chi connectivity index (χ4v) is 1.70. The van der Waals surface area contributed by atoms with Gasteiger partial charge in [-0.05, 0) is 41.4 Å². The van der Waals surface area contributed by atoms with E-state index in [9.17, 15) is 0 Å². The average Bonchev–Trinajstić information content (AvgIpc) is 2.50. The van der Waals surface area contributed by atoms with E-state index >= 15 is 0 Å². The third-order valence-electron chi connectivity index (χ3n) is 1.77. The van der Waals surface area contributed by atoms with Crippen molar-refractivity contribution in [3.63, 3.8) is 0 Å². The molecule has 0 saturated heterocycles. The van der Waals surface area contributed by atoms with E-state index in [0.29, 0.717) is 11.6 Å². The Morgan fingerprint density at radius 2 is 2.07 bits per heavy atom. The van der Waals surface area contributed by atoms with Gasteiger partial charge >= 0.3 is 0 Å². The maximum atomic E-state index is 5.72. The van der Waals surface area contributed by atoms with E-state index in [1.165, 1.54) is 0 Å². The Bertz CT molecular complexity index is 510. The van der Waals surface area contributed by atoms with Crippen molar-refractivity contribution in [1.29, 1.82) is 0 Å². The summed E-state index contributed by atoms with van der Waals surface area (Å²) < 4.78 is 2.34. The first kappa shape index (κ1) is 10.5. The molecule has 7 heteroatoms. The number of aromatic nitrogens is 5. The largest absolute Gasteiger partial charge is 0.225 e. The van der Waals surface area contributed by atoms with Gasteiger partial charge in [-0.15, -0.1) is 5.10 Å². The first-order valence-electron chi connectivity index (χ1n) is 4.16. The first-order chi connectivity index (χ1) is 7.08. The van der Waals surface area contributed by atoms with E-state index < -0.39 is 0 Å². The summed E-state index contributed by atoms with van der Waals surface area (Å²) in [5, 5.41) is 4.39. The molecule has 0 aromatic carbocycles. The maximum Gasteiger partial charge on any atom is 0.224 e. The minimum atomic E-state index is 0.181. The van der Waals surface area contributed by atoms with Gasteiger partial charge < -0.3 is 0 Å². The summed E-state index contributed by atoms with van der Waals surface area (Å²) in [6, 6.07) is 0. The second kappa shape index (κ2) is 3.86.